The molecule has 0 radical (unpaired) electrons. The molecule has 0 heterocycles. The zero-order valence-corrected chi connectivity index (χ0v) is 7.87. The molecule has 0 aromatic rings. The van der Waals surface area contributed by atoms with Gasteiger partial charge in [-0.05, 0) is 11.8 Å². The standard InChI is InChI=1S/C9H13NO3/c1-6-4-9(2,3)5-7(11)8(6)10(12)13/h8H,1,4-5H2,2-3H3. The molecule has 1 rings (SSSR count). The van der Waals surface area contributed by atoms with Crippen LogP contribution >= 0.6 is 0 Å². The number of rotatable bonds is 1. The van der Waals surface area contributed by atoms with Crippen LogP contribution in [0.3, 0.4) is 0 Å². The van der Waals surface area contributed by atoms with E-state index in [1.165, 1.54) is 0 Å². The molecule has 1 saturated carbocycles. The van der Waals surface area contributed by atoms with Gasteiger partial charge in [0, 0.05) is 16.9 Å². The number of carbonyl (C=O) groups is 1. The van der Waals surface area contributed by atoms with Gasteiger partial charge in [-0.1, -0.05) is 20.4 Å². The molecule has 1 aliphatic rings. The minimum Gasteiger partial charge on any atom is -0.292 e. The van der Waals surface area contributed by atoms with Crippen LogP contribution < -0.4 is 0 Å². The van der Waals surface area contributed by atoms with Crippen molar-refractivity contribution in [2.75, 3.05) is 0 Å². The number of hydrogen-bond acceptors (Lipinski definition) is 3. The molecule has 0 aromatic carbocycles. The van der Waals surface area contributed by atoms with Crippen LogP contribution in [0.1, 0.15) is 26.7 Å². The van der Waals surface area contributed by atoms with Crippen molar-refractivity contribution >= 4 is 5.78 Å². The second-order valence-electron chi connectivity index (χ2n) is 4.33. The van der Waals surface area contributed by atoms with Crippen LogP contribution in [0.4, 0.5) is 0 Å². The van der Waals surface area contributed by atoms with Crippen molar-refractivity contribution in [3.8, 4) is 0 Å². The number of nitrogens with zero attached hydrogens (tertiary/aromatic N) is 1. The summed E-state index contributed by atoms with van der Waals surface area (Å²) in [6.07, 6.45) is 0.835. The van der Waals surface area contributed by atoms with Gasteiger partial charge in [0.25, 0.3) is 6.04 Å². The maximum absolute atomic E-state index is 11.4. The van der Waals surface area contributed by atoms with E-state index in [0.717, 1.165) is 0 Å². The van der Waals surface area contributed by atoms with Gasteiger partial charge in [-0.3, -0.25) is 14.9 Å². The van der Waals surface area contributed by atoms with Crippen LogP contribution in [0.2, 0.25) is 0 Å². The van der Waals surface area contributed by atoms with E-state index in [-0.39, 0.29) is 17.6 Å². The lowest BCUT2D eigenvalue weighted by atomic mass is 9.73. The van der Waals surface area contributed by atoms with Crippen LogP contribution in [0, 0.1) is 15.5 Å². The first-order valence-electron chi connectivity index (χ1n) is 4.17. The van der Waals surface area contributed by atoms with Gasteiger partial charge in [0.05, 0.1) is 0 Å². The van der Waals surface area contributed by atoms with E-state index < -0.39 is 11.0 Å². The molecule has 1 atom stereocenters. The summed E-state index contributed by atoms with van der Waals surface area (Å²) >= 11 is 0. The lowest BCUT2D eigenvalue weighted by Crippen LogP contribution is -2.40. The molecule has 0 N–H and O–H groups in total. The third kappa shape index (κ3) is 1.94. The lowest BCUT2D eigenvalue weighted by Gasteiger charge is -2.30. The second-order valence-corrected chi connectivity index (χ2v) is 4.33. The molecule has 0 spiro atoms. The Morgan fingerprint density at radius 2 is 2.08 bits per heavy atom. The maximum Gasteiger partial charge on any atom is 0.291 e. The van der Waals surface area contributed by atoms with E-state index in [4.69, 9.17) is 0 Å². The smallest absolute Gasteiger partial charge is 0.291 e. The van der Waals surface area contributed by atoms with Gasteiger partial charge in [0.2, 0.25) is 5.78 Å². The van der Waals surface area contributed by atoms with Crippen molar-refractivity contribution in [1.82, 2.24) is 0 Å². The average Bonchev–Trinajstić information content (AvgIpc) is 1.78. The monoisotopic (exact) mass is 183 g/mol. The summed E-state index contributed by atoms with van der Waals surface area (Å²) in [5.41, 5.74) is 0.270. The normalized spacial score (nSPS) is 27.4. The summed E-state index contributed by atoms with van der Waals surface area (Å²) in [6.45, 7) is 7.45. The fraction of sp³-hybridized carbons (Fsp3) is 0.667. The molecule has 1 unspecified atom stereocenters. The highest BCUT2D eigenvalue weighted by molar-refractivity contribution is 5.87. The SMILES string of the molecule is C=C1CC(C)(C)CC(=O)C1[N+](=O)[O-]. The van der Waals surface area contributed by atoms with Gasteiger partial charge in [-0.15, -0.1) is 0 Å². The van der Waals surface area contributed by atoms with E-state index in [0.29, 0.717) is 12.0 Å². The van der Waals surface area contributed by atoms with Gasteiger partial charge in [-0.2, -0.15) is 0 Å². The molecule has 4 nitrogen and oxygen atoms in total. The minimum absolute atomic E-state index is 0.166. The quantitative estimate of drug-likeness (QED) is 0.352. The summed E-state index contributed by atoms with van der Waals surface area (Å²) in [5.74, 6) is -0.314. The van der Waals surface area contributed by atoms with Crippen LogP contribution in [-0.2, 0) is 4.79 Å². The van der Waals surface area contributed by atoms with Crippen molar-refractivity contribution in [3.63, 3.8) is 0 Å². The molecule has 13 heavy (non-hydrogen) atoms. The fourth-order valence-electron chi connectivity index (χ4n) is 1.84. The molecule has 0 aliphatic heterocycles. The van der Waals surface area contributed by atoms with Crippen molar-refractivity contribution < 1.29 is 9.72 Å². The van der Waals surface area contributed by atoms with Crippen LogP contribution in [0.25, 0.3) is 0 Å². The molecule has 4 heteroatoms. The van der Waals surface area contributed by atoms with Crippen molar-refractivity contribution in [3.05, 3.63) is 22.3 Å². The Kier molecular flexibility index (Phi) is 2.24. The fourth-order valence-corrected chi connectivity index (χ4v) is 1.84. The van der Waals surface area contributed by atoms with E-state index in [1.54, 1.807) is 0 Å². The van der Waals surface area contributed by atoms with Crippen LogP contribution in [-0.4, -0.2) is 16.7 Å². The van der Waals surface area contributed by atoms with E-state index >= 15 is 0 Å². The molecule has 1 aliphatic carbocycles. The molecule has 72 valence electrons. The topological polar surface area (TPSA) is 60.2 Å². The predicted molar refractivity (Wildman–Crippen MR) is 47.9 cm³/mol. The molecule has 0 amide bonds. The number of hydrogen-bond donors (Lipinski definition) is 0. The van der Waals surface area contributed by atoms with Gasteiger partial charge in [-0.25, -0.2) is 0 Å². The second kappa shape index (κ2) is 2.94. The van der Waals surface area contributed by atoms with E-state index in [9.17, 15) is 14.9 Å². The van der Waals surface area contributed by atoms with Crippen molar-refractivity contribution in [2.45, 2.75) is 32.7 Å². The van der Waals surface area contributed by atoms with E-state index in [2.05, 4.69) is 6.58 Å². The molecule has 0 aromatic heterocycles. The first kappa shape index (κ1) is 9.89. The van der Waals surface area contributed by atoms with E-state index in [1.807, 2.05) is 13.8 Å². The van der Waals surface area contributed by atoms with Crippen LogP contribution in [0.5, 0.6) is 0 Å². The molecule has 1 fully saturated rings. The van der Waals surface area contributed by atoms with Crippen LogP contribution in [0.15, 0.2) is 12.2 Å². The molecular weight excluding hydrogens is 170 g/mol. The Morgan fingerprint density at radius 1 is 1.54 bits per heavy atom. The molecule has 0 bridgehead atoms. The highest BCUT2D eigenvalue weighted by atomic mass is 16.6. The number of nitro groups is 1. The zero-order valence-electron chi connectivity index (χ0n) is 7.87. The highest BCUT2D eigenvalue weighted by Gasteiger charge is 2.42. The van der Waals surface area contributed by atoms with Gasteiger partial charge in [0.15, 0.2) is 0 Å². The number of Topliss-reactive ketones (excluding diaryl/α,β-unsaturated/α-hetero) is 1. The summed E-state index contributed by atoms with van der Waals surface area (Å²) in [7, 11) is 0. The van der Waals surface area contributed by atoms with Crippen molar-refractivity contribution in [1.29, 1.82) is 0 Å². The summed E-state index contributed by atoms with van der Waals surface area (Å²) in [5, 5.41) is 10.5. The highest BCUT2D eigenvalue weighted by Crippen LogP contribution is 2.36. The third-order valence-corrected chi connectivity index (χ3v) is 2.26. The number of ketones is 1. The predicted octanol–water partition coefficient (Wildman–Crippen LogP) is 1.58. The first-order valence-corrected chi connectivity index (χ1v) is 4.17. The Morgan fingerprint density at radius 3 is 2.46 bits per heavy atom. The lowest BCUT2D eigenvalue weighted by molar-refractivity contribution is -0.499. The summed E-state index contributed by atoms with van der Waals surface area (Å²) < 4.78 is 0. The Labute approximate surface area is 76.8 Å². The van der Waals surface area contributed by atoms with Gasteiger partial charge < -0.3 is 0 Å². The number of carbonyl (C=O) groups excluding carboxylic acids is 1. The molecular formula is C9H13NO3. The average molecular weight is 183 g/mol. The Hall–Kier alpha value is -1.19. The van der Waals surface area contributed by atoms with Gasteiger partial charge >= 0.3 is 0 Å². The largest absolute Gasteiger partial charge is 0.292 e. The Balaban J connectivity index is 2.89. The summed E-state index contributed by atoms with van der Waals surface area (Å²) in [4.78, 5) is 21.3. The maximum atomic E-state index is 11.4. The van der Waals surface area contributed by atoms with Gasteiger partial charge in [0.1, 0.15) is 0 Å². The summed E-state index contributed by atoms with van der Waals surface area (Å²) in [6, 6.07) is -1.16. The molecule has 0 saturated heterocycles. The zero-order chi connectivity index (χ0) is 10.2. The third-order valence-electron chi connectivity index (χ3n) is 2.26. The van der Waals surface area contributed by atoms with Crippen molar-refractivity contribution in [2.24, 2.45) is 5.41 Å². The first-order chi connectivity index (χ1) is 5.83. The Bertz CT molecular complexity index is 261. The minimum atomic E-state index is -1.16.